The predicted octanol–water partition coefficient (Wildman–Crippen LogP) is 4.44. The van der Waals surface area contributed by atoms with E-state index in [1.165, 1.54) is 5.56 Å². The molecular weight excluding hydrogens is 338 g/mol. The van der Waals surface area contributed by atoms with Crippen molar-refractivity contribution in [2.24, 2.45) is 0 Å². The van der Waals surface area contributed by atoms with Gasteiger partial charge in [-0.05, 0) is 36.8 Å². The first-order valence-electron chi connectivity index (χ1n) is 9.09. The average Bonchev–Trinajstić information content (AvgIpc) is 3.17. The van der Waals surface area contributed by atoms with Crippen LogP contribution in [0.15, 0.2) is 66.9 Å². The number of ether oxygens (including phenoxy) is 1. The second kappa shape index (κ2) is 7.19. The zero-order valence-electron chi connectivity index (χ0n) is 15.6. The molecule has 0 fully saturated rings. The van der Waals surface area contributed by atoms with E-state index in [1.807, 2.05) is 35.2 Å². The van der Waals surface area contributed by atoms with Crippen molar-refractivity contribution < 1.29 is 9.53 Å². The number of fused-ring (bicyclic) bond motifs is 1. The van der Waals surface area contributed by atoms with E-state index in [9.17, 15) is 4.79 Å². The first-order chi connectivity index (χ1) is 13.2. The quantitative estimate of drug-likeness (QED) is 0.749. The number of carbonyl (C=O) groups excluding carboxylic acids is 1. The third-order valence-corrected chi connectivity index (χ3v) is 5.01. The molecule has 1 aliphatic heterocycles. The largest absolute Gasteiger partial charge is 0.497 e. The summed E-state index contributed by atoms with van der Waals surface area (Å²) in [6, 6.07) is 19.7. The number of rotatable bonds is 3. The molecule has 1 aromatic heterocycles. The molecule has 1 N–H and O–H groups in total. The van der Waals surface area contributed by atoms with Crippen LogP contribution in [0.4, 0.5) is 10.5 Å². The van der Waals surface area contributed by atoms with E-state index in [-0.39, 0.29) is 12.1 Å². The second-order valence-corrected chi connectivity index (χ2v) is 6.80. The Balaban J connectivity index is 1.65. The molecule has 2 aromatic carbocycles. The summed E-state index contributed by atoms with van der Waals surface area (Å²) in [5.74, 6) is 0.718. The Labute approximate surface area is 159 Å². The maximum Gasteiger partial charge on any atom is 0.322 e. The van der Waals surface area contributed by atoms with Crippen molar-refractivity contribution in [1.29, 1.82) is 0 Å². The Morgan fingerprint density at radius 1 is 1.07 bits per heavy atom. The summed E-state index contributed by atoms with van der Waals surface area (Å²) in [4.78, 5) is 15.0. The molecule has 0 aliphatic carbocycles. The number of urea groups is 1. The van der Waals surface area contributed by atoms with Gasteiger partial charge in [0.05, 0.1) is 13.2 Å². The molecule has 4 rings (SSSR count). The fourth-order valence-electron chi connectivity index (χ4n) is 3.60. The van der Waals surface area contributed by atoms with Crippen LogP contribution in [0.1, 0.15) is 22.9 Å². The number of benzene rings is 2. The van der Waals surface area contributed by atoms with Crippen LogP contribution >= 0.6 is 0 Å². The van der Waals surface area contributed by atoms with Crippen LogP contribution in [0.2, 0.25) is 0 Å². The Morgan fingerprint density at radius 3 is 2.67 bits per heavy atom. The summed E-state index contributed by atoms with van der Waals surface area (Å²) >= 11 is 0. The highest BCUT2D eigenvalue weighted by atomic mass is 16.5. The van der Waals surface area contributed by atoms with Gasteiger partial charge in [-0.3, -0.25) is 0 Å². The third kappa shape index (κ3) is 3.40. The summed E-state index contributed by atoms with van der Waals surface area (Å²) in [5, 5.41) is 3.02. The molecule has 138 valence electrons. The van der Waals surface area contributed by atoms with Crippen molar-refractivity contribution in [3.05, 3.63) is 83.7 Å². The number of anilines is 1. The van der Waals surface area contributed by atoms with Gasteiger partial charge in [-0.2, -0.15) is 0 Å². The van der Waals surface area contributed by atoms with Crippen LogP contribution in [-0.2, 0) is 6.54 Å². The molecule has 0 saturated carbocycles. The van der Waals surface area contributed by atoms with Gasteiger partial charge in [-0.15, -0.1) is 0 Å². The highest BCUT2D eigenvalue weighted by molar-refractivity contribution is 5.90. The van der Waals surface area contributed by atoms with Gasteiger partial charge >= 0.3 is 6.03 Å². The van der Waals surface area contributed by atoms with Crippen LogP contribution in [0.25, 0.3) is 0 Å². The standard InChI is InChI=1S/C22H23N3O2/c1-16-8-10-17(11-9-16)21-20-7-4-12-24(20)13-14-25(21)22(26)23-18-5-3-6-19(15-18)27-2/h3-12,15,21H,13-14H2,1-2H3,(H,23,26). The van der Waals surface area contributed by atoms with E-state index in [0.717, 1.165) is 29.2 Å². The number of hydrogen-bond donors (Lipinski definition) is 1. The lowest BCUT2D eigenvalue weighted by atomic mass is 9.99. The van der Waals surface area contributed by atoms with Crippen LogP contribution in [0.5, 0.6) is 5.75 Å². The molecule has 1 atom stereocenters. The summed E-state index contributed by atoms with van der Waals surface area (Å²) < 4.78 is 7.47. The number of aromatic nitrogens is 1. The smallest absolute Gasteiger partial charge is 0.322 e. The number of aryl methyl sites for hydroxylation is 1. The van der Waals surface area contributed by atoms with Gasteiger partial charge in [-0.25, -0.2) is 4.79 Å². The molecule has 0 spiro atoms. The van der Waals surface area contributed by atoms with E-state index in [1.54, 1.807) is 7.11 Å². The normalized spacial score (nSPS) is 15.9. The summed E-state index contributed by atoms with van der Waals surface area (Å²) in [5.41, 5.74) is 4.17. The molecule has 5 heteroatoms. The van der Waals surface area contributed by atoms with Gasteiger partial charge < -0.3 is 19.5 Å². The lowest BCUT2D eigenvalue weighted by Crippen LogP contribution is -2.44. The van der Waals surface area contributed by atoms with Crippen LogP contribution in [0.3, 0.4) is 0 Å². The first-order valence-corrected chi connectivity index (χ1v) is 9.09. The minimum absolute atomic E-state index is 0.110. The van der Waals surface area contributed by atoms with Crippen LogP contribution in [-0.4, -0.2) is 29.2 Å². The van der Waals surface area contributed by atoms with Crippen molar-refractivity contribution in [2.45, 2.75) is 19.5 Å². The van der Waals surface area contributed by atoms with E-state index in [0.29, 0.717) is 6.54 Å². The molecule has 27 heavy (non-hydrogen) atoms. The van der Waals surface area contributed by atoms with Crippen molar-refractivity contribution in [1.82, 2.24) is 9.47 Å². The topological polar surface area (TPSA) is 46.5 Å². The van der Waals surface area contributed by atoms with Crippen molar-refractivity contribution in [3.8, 4) is 5.75 Å². The van der Waals surface area contributed by atoms with Crippen molar-refractivity contribution in [3.63, 3.8) is 0 Å². The third-order valence-electron chi connectivity index (χ3n) is 5.01. The van der Waals surface area contributed by atoms with Gasteiger partial charge in [0.15, 0.2) is 0 Å². The van der Waals surface area contributed by atoms with Crippen LogP contribution < -0.4 is 10.1 Å². The lowest BCUT2D eigenvalue weighted by Gasteiger charge is -2.37. The highest BCUT2D eigenvalue weighted by Gasteiger charge is 2.32. The average molecular weight is 361 g/mol. The van der Waals surface area contributed by atoms with Gasteiger partial charge in [0.1, 0.15) is 5.75 Å². The Morgan fingerprint density at radius 2 is 1.89 bits per heavy atom. The van der Waals surface area contributed by atoms with E-state index < -0.39 is 0 Å². The Bertz CT molecular complexity index is 946. The SMILES string of the molecule is COc1cccc(NC(=O)N2CCn3cccc3C2c2ccc(C)cc2)c1. The Kier molecular flexibility index (Phi) is 4.59. The fraction of sp³-hybridized carbons (Fsp3) is 0.227. The van der Waals surface area contributed by atoms with Gasteiger partial charge in [-0.1, -0.05) is 35.9 Å². The van der Waals surface area contributed by atoms with Gasteiger partial charge in [0.25, 0.3) is 0 Å². The molecule has 1 unspecified atom stereocenters. The van der Waals surface area contributed by atoms with E-state index in [2.05, 4.69) is 53.3 Å². The molecular formula is C22H23N3O2. The second-order valence-electron chi connectivity index (χ2n) is 6.80. The molecule has 0 saturated heterocycles. The maximum absolute atomic E-state index is 13.1. The zero-order valence-corrected chi connectivity index (χ0v) is 15.6. The highest BCUT2D eigenvalue weighted by Crippen LogP contribution is 2.33. The molecule has 3 aromatic rings. The van der Waals surface area contributed by atoms with Gasteiger partial charge in [0.2, 0.25) is 0 Å². The fourth-order valence-corrected chi connectivity index (χ4v) is 3.60. The number of methoxy groups -OCH3 is 1. The molecule has 0 bridgehead atoms. The van der Waals surface area contributed by atoms with Crippen molar-refractivity contribution >= 4 is 11.7 Å². The maximum atomic E-state index is 13.1. The number of hydrogen-bond acceptors (Lipinski definition) is 2. The van der Waals surface area contributed by atoms with E-state index in [4.69, 9.17) is 4.74 Å². The number of amides is 2. The first kappa shape index (κ1) is 17.2. The summed E-state index contributed by atoms with van der Waals surface area (Å²) in [6.07, 6.45) is 2.08. The summed E-state index contributed by atoms with van der Waals surface area (Å²) in [7, 11) is 1.62. The van der Waals surface area contributed by atoms with Crippen molar-refractivity contribution in [2.75, 3.05) is 19.0 Å². The number of carbonyl (C=O) groups is 1. The minimum Gasteiger partial charge on any atom is -0.497 e. The molecule has 2 heterocycles. The molecule has 5 nitrogen and oxygen atoms in total. The van der Waals surface area contributed by atoms with Crippen LogP contribution in [0, 0.1) is 6.92 Å². The lowest BCUT2D eigenvalue weighted by molar-refractivity contribution is 0.182. The number of nitrogens with one attached hydrogen (secondary N) is 1. The molecule has 2 amide bonds. The molecule has 0 radical (unpaired) electrons. The number of nitrogens with zero attached hydrogens (tertiary/aromatic N) is 2. The van der Waals surface area contributed by atoms with E-state index >= 15 is 0 Å². The molecule has 1 aliphatic rings. The van der Waals surface area contributed by atoms with Gasteiger partial charge in [0, 0.05) is 36.7 Å². The monoisotopic (exact) mass is 361 g/mol. The Hall–Kier alpha value is -3.21. The minimum atomic E-state index is -0.111. The predicted molar refractivity (Wildman–Crippen MR) is 106 cm³/mol. The zero-order chi connectivity index (χ0) is 18.8. The summed E-state index contributed by atoms with van der Waals surface area (Å²) in [6.45, 7) is 3.51.